The monoisotopic (exact) mass is 196 g/mol. The summed E-state index contributed by atoms with van der Waals surface area (Å²) in [7, 11) is -1.28. The molecule has 0 aliphatic carbocycles. The number of hydrogen-bond donors (Lipinski definition) is 1. The maximum Gasteiger partial charge on any atom is 0.152 e. The van der Waals surface area contributed by atoms with Crippen LogP contribution in [0.5, 0.6) is 0 Å². The van der Waals surface area contributed by atoms with Crippen molar-refractivity contribution in [2.45, 2.75) is 19.6 Å². The van der Waals surface area contributed by atoms with E-state index in [1.54, 1.807) is 0 Å². The fourth-order valence-corrected chi connectivity index (χ4v) is 1.65. The Kier molecular flexibility index (Phi) is 2.55. The molecule has 1 aromatic heterocycles. The van der Waals surface area contributed by atoms with Crippen molar-refractivity contribution in [3.05, 3.63) is 10.9 Å². The molecule has 0 aliphatic rings. The van der Waals surface area contributed by atoms with Gasteiger partial charge in [-0.15, -0.1) is 5.54 Å². The summed E-state index contributed by atoms with van der Waals surface area (Å²) < 4.78 is 3.95. The van der Waals surface area contributed by atoms with E-state index in [0.29, 0.717) is 5.82 Å². The first-order chi connectivity index (χ1) is 5.49. The molecule has 0 saturated heterocycles. The van der Waals surface area contributed by atoms with Crippen LogP contribution < -0.4 is 5.73 Å². The molecule has 0 atom stereocenters. The molecule has 0 bridgehead atoms. The summed E-state index contributed by atoms with van der Waals surface area (Å²) in [6, 6.07) is 0. The van der Waals surface area contributed by atoms with Gasteiger partial charge in [0.15, 0.2) is 5.82 Å². The Morgan fingerprint density at radius 2 is 2.17 bits per heavy atom. The van der Waals surface area contributed by atoms with Crippen LogP contribution in [0.15, 0.2) is 5.38 Å². The number of rotatable bonds is 0. The third-order valence-corrected chi connectivity index (χ3v) is 2.69. The molecule has 2 N–H and O–H groups in total. The highest BCUT2D eigenvalue weighted by molar-refractivity contribution is 7.04. The molecule has 2 nitrogen and oxygen atoms in total. The van der Waals surface area contributed by atoms with Gasteiger partial charge in [-0.3, -0.25) is 0 Å². The van der Waals surface area contributed by atoms with Crippen molar-refractivity contribution < 1.29 is 0 Å². The summed E-state index contributed by atoms with van der Waals surface area (Å²) in [6.45, 7) is 6.61. The van der Waals surface area contributed by atoms with E-state index in [1.165, 1.54) is 11.5 Å². The van der Waals surface area contributed by atoms with Crippen LogP contribution in [0.1, 0.15) is 5.56 Å². The lowest BCUT2D eigenvalue weighted by molar-refractivity contribution is 1.54. The van der Waals surface area contributed by atoms with Crippen molar-refractivity contribution in [2.24, 2.45) is 0 Å². The van der Waals surface area contributed by atoms with Crippen LogP contribution in [0.25, 0.3) is 0 Å². The number of nitrogens with two attached hydrogens (primary N) is 1. The normalized spacial score (nSPS) is 10.6. The van der Waals surface area contributed by atoms with Gasteiger partial charge in [0.05, 0.1) is 5.56 Å². The molecule has 0 radical (unpaired) electrons. The molecular weight excluding hydrogens is 184 g/mol. The van der Waals surface area contributed by atoms with E-state index in [1.807, 2.05) is 5.38 Å². The molecule has 0 amide bonds. The van der Waals surface area contributed by atoms with E-state index < -0.39 is 8.07 Å². The predicted molar refractivity (Wildman–Crippen MR) is 56.8 cm³/mol. The van der Waals surface area contributed by atoms with Crippen molar-refractivity contribution in [3.63, 3.8) is 0 Å². The summed E-state index contributed by atoms with van der Waals surface area (Å²) >= 11 is 1.35. The van der Waals surface area contributed by atoms with Gasteiger partial charge in [-0.1, -0.05) is 25.6 Å². The van der Waals surface area contributed by atoms with Gasteiger partial charge in [0.25, 0.3) is 0 Å². The van der Waals surface area contributed by atoms with E-state index in [0.717, 1.165) is 5.56 Å². The molecular formula is C8H12N2SSi. The second kappa shape index (κ2) is 3.29. The molecule has 64 valence electrons. The minimum atomic E-state index is -1.28. The van der Waals surface area contributed by atoms with E-state index in [9.17, 15) is 0 Å². The molecule has 0 unspecified atom stereocenters. The van der Waals surface area contributed by atoms with Crippen molar-refractivity contribution in [3.8, 4) is 11.5 Å². The van der Waals surface area contributed by atoms with Crippen LogP contribution in [-0.2, 0) is 0 Å². The first kappa shape index (κ1) is 9.30. The average molecular weight is 196 g/mol. The van der Waals surface area contributed by atoms with E-state index >= 15 is 0 Å². The predicted octanol–water partition coefficient (Wildman–Crippen LogP) is 1.95. The van der Waals surface area contributed by atoms with Crippen LogP contribution in [0, 0.1) is 11.5 Å². The van der Waals surface area contributed by atoms with Gasteiger partial charge < -0.3 is 5.73 Å². The number of aromatic nitrogens is 1. The molecule has 0 saturated carbocycles. The summed E-state index contributed by atoms with van der Waals surface area (Å²) in [6.07, 6.45) is 0. The Morgan fingerprint density at radius 3 is 2.58 bits per heavy atom. The van der Waals surface area contributed by atoms with Crippen LogP contribution in [-0.4, -0.2) is 12.4 Å². The van der Waals surface area contributed by atoms with Gasteiger partial charge >= 0.3 is 0 Å². The largest absolute Gasteiger partial charge is 0.382 e. The van der Waals surface area contributed by atoms with Crippen LogP contribution >= 0.6 is 11.5 Å². The summed E-state index contributed by atoms with van der Waals surface area (Å²) in [5.41, 5.74) is 9.70. The first-order valence-electron chi connectivity index (χ1n) is 3.72. The molecule has 12 heavy (non-hydrogen) atoms. The van der Waals surface area contributed by atoms with Crippen molar-refractivity contribution in [1.29, 1.82) is 0 Å². The SMILES string of the molecule is C[Si](C)(C)C#Cc1csnc1N. The molecule has 4 heteroatoms. The Hall–Kier alpha value is -0.793. The molecule has 0 aromatic carbocycles. The highest BCUT2D eigenvalue weighted by atomic mass is 32.1. The molecule has 0 aliphatic heterocycles. The summed E-state index contributed by atoms with van der Waals surface area (Å²) in [5.74, 6) is 3.63. The highest BCUT2D eigenvalue weighted by Gasteiger charge is 2.08. The minimum Gasteiger partial charge on any atom is -0.382 e. The van der Waals surface area contributed by atoms with Crippen LogP contribution in [0.3, 0.4) is 0 Å². The second-order valence-electron chi connectivity index (χ2n) is 3.61. The lowest BCUT2D eigenvalue weighted by atomic mass is 10.4. The Morgan fingerprint density at radius 1 is 1.50 bits per heavy atom. The van der Waals surface area contributed by atoms with Gasteiger partial charge in [-0.05, 0) is 11.5 Å². The molecule has 0 spiro atoms. The highest BCUT2D eigenvalue weighted by Crippen LogP contribution is 2.10. The molecule has 0 fully saturated rings. The van der Waals surface area contributed by atoms with Crippen LogP contribution in [0.2, 0.25) is 19.6 Å². The number of nitrogens with zero attached hydrogens (tertiary/aromatic N) is 1. The van der Waals surface area contributed by atoms with Gasteiger partial charge in [-0.25, -0.2) is 0 Å². The topological polar surface area (TPSA) is 38.9 Å². The van der Waals surface area contributed by atoms with Gasteiger partial charge in [0.2, 0.25) is 0 Å². The Balaban J connectivity index is 2.87. The minimum absolute atomic E-state index is 0.561. The standard InChI is InChI=1S/C8H12N2SSi/c1-12(2,3)5-4-7-6-11-10-8(7)9/h6H,1-3H3,(H2,9,10). The quantitative estimate of drug-likeness (QED) is 0.509. The van der Waals surface area contributed by atoms with E-state index in [2.05, 4.69) is 35.5 Å². The number of anilines is 1. The lowest BCUT2D eigenvalue weighted by Gasteiger charge is -2.02. The second-order valence-corrected chi connectivity index (χ2v) is 8.99. The molecule has 1 heterocycles. The smallest absolute Gasteiger partial charge is 0.152 e. The maximum atomic E-state index is 5.58. The van der Waals surface area contributed by atoms with Gasteiger partial charge in [-0.2, -0.15) is 4.37 Å². The zero-order chi connectivity index (χ0) is 9.19. The van der Waals surface area contributed by atoms with E-state index in [-0.39, 0.29) is 0 Å². The Bertz CT molecular complexity index is 327. The van der Waals surface area contributed by atoms with Gasteiger partial charge in [0, 0.05) is 5.38 Å². The molecule has 1 rings (SSSR count). The Labute approximate surface area is 78.0 Å². The third kappa shape index (κ3) is 2.68. The zero-order valence-electron chi connectivity index (χ0n) is 7.51. The lowest BCUT2D eigenvalue weighted by Crippen LogP contribution is -2.16. The van der Waals surface area contributed by atoms with Crippen molar-refractivity contribution in [2.75, 3.05) is 5.73 Å². The molecule has 1 aromatic rings. The summed E-state index contributed by atoms with van der Waals surface area (Å²) in [4.78, 5) is 0. The summed E-state index contributed by atoms with van der Waals surface area (Å²) in [5, 5.41) is 1.89. The van der Waals surface area contributed by atoms with Crippen molar-refractivity contribution >= 4 is 25.4 Å². The van der Waals surface area contributed by atoms with Crippen molar-refractivity contribution in [1.82, 2.24) is 4.37 Å². The fourth-order valence-electron chi connectivity index (χ4n) is 0.594. The number of hydrogen-bond acceptors (Lipinski definition) is 3. The maximum absolute atomic E-state index is 5.58. The zero-order valence-corrected chi connectivity index (χ0v) is 9.33. The average Bonchev–Trinajstić information content (AvgIpc) is 2.29. The third-order valence-electron chi connectivity index (χ3n) is 1.17. The first-order valence-corrected chi connectivity index (χ1v) is 8.06. The van der Waals surface area contributed by atoms with E-state index in [4.69, 9.17) is 5.73 Å². The van der Waals surface area contributed by atoms with Crippen LogP contribution in [0.4, 0.5) is 5.82 Å². The number of nitrogen functional groups attached to an aromatic ring is 1. The van der Waals surface area contributed by atoms with Gasteiger partial charge in [0.1, 0.15) is 8.07 Å². The fraction of sp³-hybridized carbons (Fsp3) is 0.375.